The van der Waals surface area contributed by atoms with Gasteiger partial charge < -0.3 is 24.8 Å². The minimum Gasteiger partial charge on any atom is -0.493 e. The molecule has 1 amide bonds. The first-order valence-electron chi connectivity index (χ1n) is 12.4. The van der Waals surface area contributed by atoms with Gasteiger partial charge in [-0.25, -0.2) is 0 Å². The van der Waals surface area contributed by atoms with E-state index in [1.807, 2.05) is 36.4 Å². The van der Waals surface area contributed by atoms with Crippen LogP contribution >= 0.6 is 0 Å². The van der Waals surface area contributed by atoms with Crippen molar-refractivity contribution in [2.45, 2.75) is 38.6 Å². The maximum absolute atomic E-state index is 13.4. The van der Waals surface area contributed by atoms with Crippen molar-refractivity contribution < 1.29 is 19.0 Å². The number of nitrogens with one attached hydrogen (secondary N) is 2. The van der Waals surface area contributed by atoms with Crippen molar-refractivity contribution in [3.63, 3.8) is 0 Å². The van der Waals surface area contributed by atoms with Crippen molar-refractivity contribution in [2.75, 3.05) is 33.2 Å². The molecule has 0 fully saturated rings. The smallest absolute Gasteiger partial charge is 0.217 e. The number of benzene rings is 2. The summed E-state index contributed by atoms with van der Waals surface area (Å²) in [5, 5.41) is 6.38. The van der Waals surface area contributed by atoms with E-state index in [1.165, 1.54) is 12.5 Å². The number of amides is 1. The fraction of sp³-hybridized carbons (Fsp3) is 0.333. The van der Waals surface area contributed by atoms with Crippen molar-refractivity contribution >= 4 is 11.6 Å². The largest absolute Gasteiger partial charge is 0.493 e. The van der Waals surface area contributed by atoms with Crippen molar-refractivity contribution in [1.82, 2.24) is 5.32 Å². The lowest BCUT2D eigenvalue weighted by atomic mass is 9.95. The Labute approximate surface area is 217 Å². The molecule has 0 saturated heterocycles. The number of aryl methyl sites for hydroxylation is 1. The van der Waals surface area contributed by atoms with Gasteiger partial charge in [0.2, 0.25) is 17.1 Å². The zero-order valence-corrected chi connectivity index (χ0v) is 22.0. The monoisotopic (exact) mass is 502 g/mol. The van der Waals surface area contributed by atoms with Gasteiger partial charge in [0.15, 0.2) is 11.5 Å². The van der Waals surface area contributed by atoms with Crippen LogP contribution in [0.5, 0.6) is 17.2 Å². The van der Waals surface area contributed by atoms with Crippen LogP contribution in [0.25, 0.3) is 11.1 Å². The Morgan fingerprint density at radius 2 is 1.73 bits per heavy atom. The minimum atomic E-state index is -0.335. The fourth-order valence-electron chi connectivity index (χ4n) is 5.02. The van der Waals surface area contributed by atoms with Gasteiger partial charge in [-0.05, 0) is 59.2 Å². The van der Waals surface area contributed by atoms with E-state index >= 15 is 0 Å². The van der Waals surface area contributed by atoms with E-state index in [-0.39, 0.29) is 23.3 Å². The summed E-state index contributed by atoms with van der Waals surface area (Å²) >= 11 is 0. The van der Waals surface area contributed by atoms with E-state index in [0.29, 0.717) is 42.3 Å². The second kappa shape index (κ2) is 11.4. The summed E-state index contributed by atoms with van der Waals surface area (Å²) in [5.41, 5.74) is 4.94. The number of rotatable bonds is 8. The van der Waals surface area contributed by atoms with Gasteiger partial charge in [-0.1, -0.05) is 43.3 Å². The molecule has 0 radical (unpaired) electrons. The topological polar surface area (TPSA) is 85.9 Å². The van der Waals surface area contributed by atoms with Gasteiger partial charge in [0.25, 0.3) is 0 Å². The molecule has 0 heterocycles. The van der Waals surface area contributed by atoms with E-state index in [0.717, 1.165) is 22.3 Å². The summed E-state index contributed by atoms with van der Waals surface area (Å²) in [5.74, 6) is 1.65. The summed E-state index contributed by atoms with van der Waals surface area (Å²) in [6, 6.07) is 17.2. The molecule has 7 nitrogen and oxygen atoms in total. The third-order valence-corrected chi connectivity index (χ3v) is 6.88. The molecule has 0 bridgehead atoms. The van der Waals surface area contributed by atoms with Crippen LogP contribution in [-0.2, 0) is 11.2 Å². The molecule has 2 N–H and O–H groups in total. The highest BCUT2D eigenvalue weighted by Gasteiger charge is 2.29. The van der Waals surface area contributed by atoms with Crippen LogP contribution in [-0.4, -0.2) is 33.8 Å². The maximum Gasteiger partial charge on any atom is 0.217 e. The van der Waals surface area contributed by atoms with E-state index in [4.69, 9.17) is 14.2 Å². The first-order valence-corrected chi connectivity index (χ1v) is 12.4. The lowest BCUT2D eigenvalue weighted by Gasteiger charge is -2.19. The summed E-state index contributed by atoms with van der Waals surface area (Å²) in [7, 11) is 4.75. The van der Waals surface area contributed by atoms with Gasteiger partial charge in [0, 0.05) is 19.0 Å². The predicted octanol–water partition coefficient (Wildman–Crippen LogP) is 5.08. The number of carbonyl (C=O) groups excluding carboxylic acids is 1. The van der Waals surface area contributed by atoms with Crippen molar-refractivity contribution in [3.8, 4) is 28.4 Å². The molecule has 1 aliphatic carbocycles. The van der Waals surface area contributed by atoms with Gasteiger partial charge in [-0.2, -0.15) is 0 Å². The standard InChI is InChI=1S/C30H34N2O5/c1-18(20-9-7-6-8-10-20)17-31-25-14-12-22-23(16-26(25)34)24(32-19(2)33)13-11-21-15-27(35-3)29(36-4)30(37-5)28(21)22/h6-10,12,14-16,18,24H,11,13,17H2,1-5H3,(H,31,34)(H,32,33)/t18-,24+/m1/s1. The normalized spacial score (nSPS) is 14.9. The second-order valence-electron chi connectivity index (χ2n) is 9.29. The van der Waals surface area contributed by atoms with Crippen LogP contribution in [0, 0.1) is 0 Å². The van der Waals surface area contributed by atoms with E-state index in [9.17, 15) is 9.59 Å². The van der Waals surface area contributed by atoms with Crippen LogP contribution < -0.4 is 30.3 Å². The van der Waals surface area contributed by atoms with Crippen LogP contribution in [0.1, 0.15) is 48.9 Å². The van der Waals surface area contributed by atoms with Crippen LogP contribution in [0.3, 0.4) is 0 Å². The lowest BCUT2D eigenvalue weighted by molar-refractivity contribution is -0.119. The predicted molar refractivity (Wildman–Crippen MR) is 146 cm³/mol. The van der Waals surface area contributed by atoms with Crippen LogP contribution in [0.2, 0.25) is 0 Å². The zero-order valence-electron chi connectivity index (χ0n) is 22.0. The average Bonchev–Trinajstić information content (AvgIpc) is 3.15. The number of hydrogen-bond acceptors (Lipinski definition) is 6. The Bertz CT molecular complexity index is 1340. The Balaban J connectivity index is 1.85. The molecule has 3 aromatic carbocycles. The van der Waals surface area contributed by atoms with E-state index in [1.54, 1.807) is 27.4 Å². The van der Waals surface area contributed by atoms with E-state index in [2.05, 4.69) is 29.7 Å². The number of fused-ring (bicyclic) bond motifs is 3. The SMILES string of the molecule is COc1cc2c(c(OC)c1OC)-c1ccc(NC[C@@H](C)c3ccccc3)c(=O)cc1[C@@H](NC(C)=O)CC2. The average molecular weight is 503 g/mol. The quantitative estimate of drug-likeness (QED) is 0.447. The molecule has 2 atom stereocenters. The highest BCUT2D eigenvalue weighted by molar-refractivity contribution is 5.83. The summed E-state index contributed by atoms with van der Waals surface area (Å²) in [4.78, 5) is 25.5. The molecule has 0 aromatic heterocycles. The zero-order chi connectivity index (χ0) is 26.5. The maximum atomic E-state index is 13.4. The third-order valence-electron chi connectivity index (χ3n) is 6.88. The fourth-order valence-corrected chi connectivity index (χ4v) is 5.02. The molecule has 37 heavy (non-hydrogen) atoms. The first-order chi connectivity index (χ1) is 17.9. The molecule has 7 heteroatoms. The molecule has 0 spiro atoms. The first kappa shape index (κ1) is 26.1. The molecule has 0 saturated carbocycles. The Kier molecular flexibility index (Phi) is 8.01. The second-order valence-corrected chi connectivity index (χ2v) is 9.29. The highest BCUT2D eigenvalue weighted by Crippen LogP contribution is 2.50. The number of ether oxygens (including phenoxy) is 3. The van der Waals surface area contributed by atoms with E-state index < -0.39 is 0 Å². The van der Waals surface area contributed by atoms with Gasteiger partial charge in [0.05, 0.1) is 33.1 Å². The third kappa shape index (κ3) is 5.40. The molecule has 0 unspecified atom stereocenters. The molecule has 3 aromatic rings. The van der Waals surface area contributed by atoms with Gasteiger partial charge in [-0.3, -0.25) is 9.59 Å². The highest BCUT2D eigenvalue weighted by atomic mass is 16.5. The number of hydrogen-bond donors (Lipinski definition) is 2. The Morgan fingerprint density at radius 1 is 1.00 bits per heavy atom. The summed E-state index contributed by atoms with van der Waals surface area (Å²) in [6.07, 6.45) is 1.28. The summed E-state index contributed by atoms with van der Waals surface area (Å²) in [6.45, 7) is 4.22. The molecule has 1 aliphatic rings. The molecule has 0 aliphatic heterocycles. The number of anilines is 1. The number of carbonyl (C=O) groups is 1. The van der Waals surface area contributed by atoms with Gasteiger partial charge in [-0.15, -0.1) is 0 Å². The van der Waals surface area contributed by atoms with Gasteiger partial charge >= 0.3 is 0 Å². The lowest BCUT2D eigenvalue weighted by Crippen LogP contribution is -2.26. The summed E-state index contributed by atoms with van der Waals surface area (Å²) < 4.78 is 17.1. The van der Waals surface area contributed by atoms with Gasteiger partial charge in [0.1, 0.15) is 0 Å². The minimum absolute atomic E-state index is 0.139. The Hall–Kier alpha value is -4.00. The van der Waals surface area contributed by atoms with Crippen LogP contribution in [0.15, 0.2) is 59.4 Å². The molecular weight excluding hydrogens is 468 g/mol. The van der Waals surface area contributed by atoms with Crippen LogP contribution in [0.4, 0.5) is 5.69 Å². The molecular formula is C30H34N2O5. The Morgan fingerprint density at radius 3 is 2.38 bits per heavy atom. The van der Waals surface area contributed by atoms with Crippen molar-refractivity contribution in [1.29, 1.82) is 0 Å². The number of methoxy groups -OCH3 is 3. The van der Waals surface area contributed by atoms with Crippen molar-refractivity contribution in [2.24, 2.45) is 0 Å². The molecule has 194 valence electrons. The van der Waals surface area contributed by atoms with Crippen molar-refractivity contribution in [3.05, 3.63) is 81.5 Å². The molecule has 4 rings (SSSR count).